The predicted octanol–water partition coefficient (Wildman–Crippen LogP) is 4.15. The Balaban J connectivity index is 1.67. The third-order valence-corrected chi connectivity index (χ3v) is 4.57. The Bertz CT molecular complexity index is 927. The van der Waals surface area contributed by atoms with Gasteiger partial charge < -0.3 is 14.8 Å². The van der Waals surface area contributed by atoms with Crippen molar-refractivity contribution in [3.63, 3.8) is 0 Å². The standard InChI is InChI=1S/C19H17FN2O3S/c1-24-16-7-6-14(9-17(16)25-2)21-18(23)10-15-11-26-19(22-15)12-4-3-5-13(20)8-12/h3-9,11H,10H2,1-2H3,(H,21,23). The van der Waals surface area contributed by atoms with Gasteiger partial charge in [0.15, 0.2) is 11.5 Å². The highest BCUT2D eigenvalue weighted by Crippen LogP contribution is 2.30. The first-order chi connectivity index (χ1) is 12.6. The molecule has 0 saturated heterocycles. The van der Waals surface area contributed by atoms with Crippen LogP contribution in [0.15, 0.2) is 47.8 Å². The number of amides is 1. The van der Waals surface area contributed by atoms with Crippen molar-refractivity contribution < 1.29 is 18.7 Å². The fraction of sp³-hybridized carbons (Fsp3) is 0.158. The van der Waals surface area contributed by atoms with E-state index in [0.29, 0.717) is 33.5 Å². The summed E-state index contributed by atoms with van der Waals surface area (Å²) in [4.78, 5) is 16.7. The Morgan fingerprint density at radius 2 is 1.96 bits per heavy atom. The second kappa shape index (κ2) is 7.97. The summed E-state index contributed by atoms with van der Waals surface area (Å²) < 4.78 is 23.7. The Labute approximate surface area is 154 Å². The molecule has 0 aliphatic rings. The Hall–Kier alpha value is -2.93. The normalized spacial score (nSPS) is 10.4. The van der Waals surface area contributed by atoms with E-state index in [1.807, 2.05) is 0 Å². The molecule has 0 fully saturated rings. The number of ether oxygens (including phenoxy) is 2. The molecule has 0 spiro atoms. The van der Waals surface area contributed by atoms with Crippen molar-refractivity contribution in [3.05, 3.63) is 59.4 Å². The highest BCUT2D eigenvalue weighted by Gasteiger charge is 2.11. The highest BCUT2D eigenvalue weighted by atomic mass is 32.1. The molecule has 1 aromatic heterocycles. The van der Waals surface area contributed by atoms with Crippen molar-refractivity contribution in [1.82, 2.24) is 4.98 Å². The topological polar surface area (TPSA) is 60.5 Å². The number of nitrogens with zero attached hydrogens (tertiary/aromatic N) is 1. The molecule has 0 atom stereocenters. The molecule has 26 heavy (non-hydrogen) atoms. The molecule has 134 valence electrons. The molecule has 0 unspecified atom stereocenters. The van der Waals surface area contributed by atoms with Crippen LogP contribution in [0.25, 0.3) is 10.6 Å². The highest BCUT2D eigenvalue weighted by molar-refractivity contribution is 7.13. The predicted molar refractivity (Wildman–Crippen MR) is 99.4 cm³/mol. The molecule has 3 aromatic rings. The van der Waals surface area contributed by atoms with Crippen LogP contribution in [0.5, 0.6) is 11.5 Å². The summed E-state index contributed by atoms with van der Waals surface area (Å²) in [5.74, 6) is 0.607. The minimum atomic E-state index is -0.314. The largest absolute Gasteiger partial charge is 0.493 e. The summed E-state index contributed by atoms with van der Waals surface area (Å²) in [5.41, 5.74) is 1.93. The van der Waals surface area contributed by atoms with Crippen molar-refractivity contribution in [3.8, 4) is 22.1 Å². The van der Waals surface area contributed by atoms with Crippen LogP contribution in [-0.4, -0.2) is 25.1 Å². The maximum Gasteiger partial charge on any atom is 0.230 e. The number of hydrogen-bond acceptors (Lipinski definition) is 5. The average molecular weight is 372 g/mol. The van der Waals surface area contributed by atoms with E-state index in [1.54, 1.807) is 42.8 Å². The third-order valence-electron chi connectivity index (χ3n) is 3.63. The van der Waals surface area contributed by atoms with E-state index in [1.165, 1.54) is 30.6 Å². The van der Waals surface area contributed by atoms with Crippen LogP contribution >= 0.6 is 11.3 Å². The number of halogens is 1. The van der Waals surface area contributed by atoms with Crippen molar-refractivity contribution in [2.45, 2.75) is 6.42 Å². The van der Waals surface area contributed by atoms with Gasteiger partial charge in [-0.3, -0.25) is 4.79 Å². The van der Waals surface area contributed by atoms with Gasteiger partial charge in [0.05, 0.1) is 26.3 Å². The summed E-state index contributed by atoms with van der Waals surface area (Å²) >= 11 is 1.38. The second-order valence-electron chi connectivity index (χ2n) is 5.45. The van der Waals surface area contributed by atoms with E-state index in [2.05, 4.69) is 10.3 Å². The number of hydrogen-bond donors (Lipinski definition) is 1. The van der Waals surface area contributed by atoms with Gasteiger partial charge in [-0.1, -0.05) is 12.1 Å². The monoisotopic (exact) mass is 372 g/mol. The molecule has 0 saturated carbocycles. The number of methoxy groups -OCH3 is 2. The molecule has 0 bridgehead atoms. The first kappa shape index (κ1) is 17.9. The Kier molecular flexibility index (Phi) is 5.48. The van der Waals surface area contributed by atoms with Gasteiger partial charge in [-0.25, -0.2) is 9.37 Å². The summed E-state index contributed by atoms with van der Waals surface area (Å²) in [6.07, 6.45) is 0.125. The van der Waals surface area contributed by atoms with E-state index in [0.717, 1.165) is 0 Å². The number of carbonyl (C=O) groups excluding carboxylic acids is 1. The number of aromatic nitrogens is 1. The summed E-state index contributed by atoms with van der Waals surface area (Å²) in [5, 5.41) is 5.28. The van der Waals surface area contributed by atoms with Gasteiger partial charge in [-0.15, -0.1) is 11.3 Å². The minimum absolute atomic E-state index is 0.125. The maximum atomic E-state index is 13.3. The van der Waals surface area contributed by atoms with Crippen LogP contribution in [0.1, 0.15) is 5.69 Å². The molecule has 7 heteroatoms. The molecular weight excluding hydrogens is 355 g/mol. The zero-order valence-electron chi connectivity index (χ0n) is 14.3. The van der Waals surface area contributed by atoms with Crippen molar-refractivity contribution >= 4 is 22.9 Å². The van der Waals surface area contributed by atoms with E-state index in [-0.39, 0.29) is 18.1 Å². The lowest BCUT2D eigenvalue weighted by Crippen LogP contribution is -2.14. The Morgan fingerprint density at radius 1 is 1.15 bits per heavy atom. The second-order valence-corrected chi connectivity index (χ2v) is 6.31. The van der Waals surface area contributed by atoms with E-state index < -0.39 is 0 Å². The molecule has 0 aliphatic carbocycles. The van der Waals surface area contributed by atoms with E-state index >= 15 is 0 Å². The van der Waals surface area contributed by atoms with E-state index in [4.69, 9.17) is 9.47 Å². The average Bonchev–Trinajstić information content (AvgIpc) is 3.10. The van der Waals surface area contributed by atoms with Gasteiger partial charge in [0.25, 0.3) is 0 Å². The smallest absolute Gasteiger partial charge is 0.230 e. The fourth-order valence-corrected chi connectivity index (χ4v) is 3.24. The van der Waals surface area contributed by atoms with Crippen LogP contribution in [0, 0.1) is 5.82 Å². The van der Waals surface area contributed by atoms with Crippen LogP contribution in [0.4, 0.5) is 10.1 Å². The fourth-order valence-electron chi connectivity index (χ4n) is 2.43. The molecule has 1 N–H and O–H groups in total. The van der Waals surface area contributed by atoms with Crippen LogP contribution in [0.2, 0.25) is 0 Å². The lowest BCUT2D eigenvalue weighted by atomic mass is 10.2. The molecule has 5 nitrogen and oxygen atoms in total. The molecule has 0 aliphatic heterocycles. The Morgan fingerprint density at radius 3 is 2.69 bits per heavy atom. The number of thiazole rings is 1. The zero-order chi connectivity index (χ0) is 18.5. The first-order valence-corrected chi connectivity index (χ1v) is 8.69. The summed E-state index contributed by atoms with van der Waals surface area (Å²) in [6.45, 7) is 0. The SMILES string of the molecule is COc1ccc(NC(=O)Cc2csc(-c3cccc(F)c3)n2)cc1OC. The maximum absolute atomic E-state index is 13.3. The molecule has 1 heterocycles. The van der Waals surface area contributed by atoms with Gasteiger partial charge in [0, 0.05) is 22.7 Å². The number of anilines is 1. The van der Waals surface area contributed by atoms with E-state index in [9.17, 15) is 9.18 Å². The van der Waals surface area contributed by atoms with Gasteiger partial charge >= 0.3 is 0 Å². The molecular formula is C19H17FN2O3S. The van der Waals surface area contributed by atoms with Crippen molar-refractivity contribution in [2.75, 3.05) is 19.5 Å². The van der Waals surface area contributed by atoms with Crippen LogP contribution in [-0.2, 0) is 11.2 Å². The summed E-state index contributed by atoms with van der Waals surface area (Å²) in [7, 11) is 3.08. The number of nitrogens with one attached hydrogen (secondary N) is 1. The van der Waals surface area contributed by atoms with Gasteiger partial charge in [-0.2, -0.15) is 0 Å². The van der Waals surface area contributed by atoms with Gasteiger partial charge in [0.2, 0.25) is 5.91 Å². The lowest BCUT2D eigenvalue weighted by molar-refractivity contribution is -0.115. The summed E-state index contributed by atoms with van der Waals surface area (Å²) in [6, 6.07) is 11.4. The van der Waals surface area contributed by atoms with Crippen molar-refractivity contribution in [1.29, 1.82) is 0 Å². The number of carbonyl (C=O) groups is 1. The molecule has 2 aromatic carbocycles. The van der Waals surface area contributed by atoms with Crippen LogP contribution < -0.4 is 14.8 Å². The lowest BCUT2D eigenvalue weighted by Gasteiger charge is -2.10. The van der Waals surface area contributed by atoms with Gasteiger partial charge in [0.1, 0.15) is 10.8 Å². The first-order valence-electron chi connectivity index (χ1n) is 7.81. The third kappa shape index (κ3) is 4.18. The van der Waals surface area contributed by atoms with Crippen LogP contribution in [0.3, 0.4) is 0 Å². The molecule has 0 radical (unpaired) electrons. The molecule has 3 rings (SSSR count). The van der Waals surface area contributed by atoms with Crippen molar-refractivity contribution in [2.24, 2.45) is 0 Å². The van der Waals surface area contributed by atoms with Gasteiger partial charge in [-0.05, 0) is 24.3 Å². The quantitative estimate of drug-likeness (QED) is 0.706. The molecule has 1 amide bonds. The number of rotatable bonds is 6. The number of benzene rings is 2. The minimum Gasteiger partial charge on any atom is -0.493 e. The zero-order valence-corrected chi connectivity index (χ0v) is 15.1.